The minimum absolute atomic E-state index is 0.228. The molecule has 0 spiro atoms. The van der Waals surface area contributed by atoms with Crippen LogP contribution in [0.5, 0.6) is 0 Å². The Morgan fingerprint density at radius 2 is 2.08 bits per heavy atom. The molecule has 2 aromatic rings. The van der Waals surface area contributed by atoms with E-state index in [4.69, 9.17) is 23.2 Å². The third-order valence-electron chi connectivity index (χ3n) is 4.55. The number of halogens is 3. The first-order chi connectivity index (χ1) is 11.5. The molecule has 0 atom stereocenters. The summed E-state index contributed by atoms with van der Waals surface area (Å²) in [7, 11) is 2.05. The summed E-state index contributed by atoms with van der Waals surface area (Å²) in [6.45, 7) is 3.49. The highest BCUT2D eigenvalue weighted by atomic mass is 35.5. The SMILES string of the molecule is CN(Cc1c(F)cccc1Cl)C1CCN(Cc2cnc(Cl)s2)CC1. The van der Waals surface area contributed by atoms with Crippen molar-refractivity contribution in [2.24, 2.45) is 0 Å². The number of piperidine rings is 1. The van der Waals surface area contributed by atoms with Gasteiger partial charge in [0.05, 0.1) is 0 Å². The minimum atomic E-state index is -0.228. The van der Waals surface area contributed by atoms with Crippen LogP contribution in [0.1, 0.15) is 23.3 Å². The molecule has 1 aromatic heterocycles. The number of benzene rings is 1. The summed E-state index contributed by atoms with van der Waals surface area (Å²) >= 11 is 13.6. The second-order valence-electron chi connectivity index (χ2n) is 6.20. The Morgan fingerprint density at radius 3 is 2.71 bits per heavy atom. The van der Waals surface area contributed by atoms with Crippen molar-refractivity contribution in [3.63, 3.8) is 0 Å². The molecule has 0 amide bonds. The fourth-order valence-electron chi connectivity index (χ4n) is 3.16. The quantitative estimate of drug-likeness (QED) is 0.741. The van der Waals surface area contributed by atoms with E-state index in [9.17, 15) is 4.39 Å². The normalized spacial score (nSPS) is 16.9. The average molecular weight is 388 g/mol. The first-order valence-corrected chi connectivity index (χ1v) is 9.56. The average Bonchev–Trinajstić information content (AvgIpc) is 2.96. The zero-order valence-electron chi connectivity index (χ0n) is 13.5. The van der Waals surface area contributed by atoms with Crippen molar-refractivity contribution in [1.82, 2.24) is 14.8 Å². The Morgan fingerprint density at radius 1 is 1.33 bits per heavy atom. The van der Waals surface area contributed by atoms with Gasteiger partial charge in [-0.25, -0.2) is 9.37 Å². The Bertz CT molecular complexity index is 666. The molecule has 1 saturated heterocycles. The van der Waals surface area contributed by atoms with Crippen molar-refractivity contribution >= 4 is 34.5 Å². The van der Waals surface area contributed by atoms with Gasteiger partial charge in [-0.05, 0) is 32.0 Å². The van der Waals surface area contributed by atoms with Crippen molar-refractivity contribution in [1.29, 1.82) is 0 Å². The van der Waals surface area contributed by atoms with Crippen LogP contribution in [0.3, 0.4) is 0 Å². The standard InChI is InChI=1S/C17H20Cl2FN3S/c1-22(11-14-15(18)3-2-4-16(14)20)12-5-7-23(8-6-12)10-13-9-21-17(19)24-13/h2-4,9,12H,5-8,10-11H2,1H3. The maximum atomic E-state index is 13.9. The Balaban J connectivity index is 1.52. The van der Waals surface area contributed by atoms with Crippen LogP contribution >= 0.6 is 34.5 Å². The predicted molar refractivity (Wildman–Crippen MR) is 98.3 cm³/mol. The van der Waals surface area contributed by atoms with E-state index in [1.807, 2.05) is 13.2 Å². The summed E-state index contributed by atoms with van der Waals surface area (Å²) in [5.41, 5.74) is 0.586. The molecule has 1 aliphatic rings. The molecule has 3 rings (SSSR count). The summed E-state index contributed by atoms with van der Waals surface area (Å²) in [6, 6.07) is 5.31. The van der Waals surface area contributed by atoms with Gasteiger partial charge in [-0.1, -0.05) is 29.3 Å². The van der Waals surface area contributed by atoms with Crippen LogP contribution < -0.4 is 0 Å². The topological polar surface area (TPSA) is 19.4 Å². The van der Waals surface area contributed by atoms with Gasteiger partial charge in [0.2, 0.25) is 0 Å². The second kappa shape index (κ2) is 8.11. The van der Waals surface area contributed by atoms with E-state index in [1.54, 1.807) is 12.1 Å². The van der Waals surface area contributed by atoms with Gasteiger partial charge in [-0.3, -0.25) is 9.80 Å². The molecule has 24 heavy (non-hydrogen) atoms. The van der Waals surface area contributed by atoms with Gasteiger partial charge < -0.3 is 0 Å². The molecular formula is C17H20Cl2FN3S. The number of thiazole rings is 1. The van der Waals surface area contributed by atoms with Gasteiger partial charge in [0, 0.05) is 53.9 Å². The van der Waals surface area contributed by atoms with Crippen LogP contribution in [0.2, 0.25) is 9.49 Å². The van der Waals surface area contributed by atoms with E-state index >= 15 is 0 Å². The van der Waals surface area contributed by atoms with E-state index in [1.165, 1.54) is 22.3 Å². The fraction of sp³-hybridized carbons (Fsp3) is 0.471. The molecule has 2 heterocycles. The van der Waals surface area contributed by atoms with Crippen LogP contribution in [0, 0.1) is 5.82 Å². The third-order valence-corrected chi connectivity index (χ3v) is 6.01. The summed E-state index contributed by atoms with van der Waals surface area (Å²) in [4.78, 5) is 9.92. The molecule has 1 aliphatic heterocycles. The molecular weight excluding hydrogens is 368 g/mol. The lowest BCUT2D eigenvalue weighted by Gasteiger charge is -2.36. The number of aromatic nitrogens is 1. The zero-order chi connectivity index (χ0) is 17.1. The van der Waals surface area contributed by atoms with Gasteiger partial charge in [-0.2, -0.15) is 0 Å². The number of nitrogens with zero attached hydrogens (tertiary/aromatic N) is 3. The van der Waals surface area contributed by atoms with Crippen molar-refractivity contribution in [2.45, 2.75) is 32.0 Å². The highest BCUT2D eigenvalue weighted by molar-refractivity contribution is 7.15. The molecule has 7 heteroatoms. The number of rotatable bonds is 5. The van der Waals surface area contributed by atoms with E-state index in [0.29, 0.717) is 27.6 Å². The lowest BCUT2D eigenvalue weighted by molar-refractivity contribution is 0.119. The van der Waals surface area contributed by atoms with Crippen LogP contribution in [0.15, 0.2) is 24.4 Å². The molecule has 0 bridgehead atoms. The minimum Gasteiger partial charge on any atom is -0.299 e. The predicted octanol–water partition coefficient (Wildman–Crippen LogP) is 4.69. The highest BCUT2D eigenvalue weighted by Gasteiger charge is 2.24. The third kappa shape index (κ3) is 4.46. The molecule has 1 aromatic carbocycles. The van der Waals surface area contributed by atoms with Crippen LogP contribution in [-0.4, -0.2) is 41.0 Å². The molecule has 130 valence electrons. The maximum Gasteiger partial charge on any atom is 0.183 e. The van der Waals surface area contributed by atoms with Gasteiger partial charge in [-0.15, -0.1) is 11.3 Å². The largest absolute Gasteiger partial charge is 0.299 e. The first kappa shape index (κ1) is 18.1. The summed E-state index contributed by atoms with van der Waals surface area (Å²) < 4.78 is 14.5. The first-order valence-electron chi connectivity index (χ1n) is 7.98. The van der Waals surface area contributed by atoms with Crippen molar-refractivity contribution in [3.8, 4) is 0 Å². The Kier molecular flexibility index (Phi) is 6.11. The van der Waals surface area contributed by atoms with E-state index in [2.05, 4.69) is 14.8 Å². The molecule has 0 N–H and O–H groups in total. The van der Waals surface area contributed by atoms with E-state index in [-0.39, 0.29) is 5.82 Å². The monoisotopic (exact) mass is 387 g/mol. The maximum absolute atomic E-state index is 13.9. The lowest BCUT2D eigenvalue weighted by atomic mass is 10.0. The molecule has 3 nitrogen and oxygen atoms in total. The second-order valence-corrected chi connectivity index (χ2v) is 8.31. The van der Waals surface area contributed by atoms with Gasteiger partial charge in [0.25, 0.3) is 0 Å². The Labute approximate surface area is 156 Å². The summed E-state index contributed by atoms with van der Waals surface area (Å²) in [5.74, 6) is -0.228. The molecule has 0 radical (unpaired) electrons. The highest BCUT2D eigenvalue weighted by Crippen LogP contribution is 2.25. The van der Waals surface area contributed by atoms with Crippen LogP contribution in [0.4, 0.5) is 4.39 Å². The lowest BCUT2D eigenvalue weighted by Crippen LogP contribution is -2.42. The Hall–Kier alpha value is -0.720. The summed E-state index contributed by atoms with van der Waals surface area (Å²) in [6.07, 6.45) is 3.98. The number of hydrogen-bond donors (Lipinski definition) is 0. The molecule has 0 aliphatic carbocycles. The fourth-order valence-corrected chi connectivity index (χ4v) is 4.40. The van der Waals surface area contributed by atoms with Gasteiger partial charge in [0.1, 0.15) is 5.82 Å². The van der Waals surface area contributed by atoms with Crippen molar-refractivity contribution < 1.29 is 4.39 Å². The number of likely N-dealkylation sites (tertiary alicyclic amines) is 1. The van der Waals surface area contributed by atoms with E-state index < -0.39 is 0 Å². The zero-order valence-corrected chi connectivity index (χ0v) is 15.8. The van der Waals surface area contributed by atoms with Crippen LogP contribution in [-0.2, 0) is 13.1 Å². The summed E-state index contributed by atoms with van der Waals surface area (Å²) in [5, 5.41) is 0.501. The van der Waals surface area contributed by atoms with Gasteiger partial charge in [0.15, 0.2) is 4.47 Å². The molecule has 1 fully saturated rings. The van der Waals surface area contributed by atoms with Crippen molar-refractivity contribution in [2.75, 3.05) is 20.1 Å². The molecule has 0 saturated carbocycles. The van der Waals surface area contributed by atoms with Crippen molar-refractivity contribution in [3.05, 3.63) is 50.1 Å². The van der Waals surface area contributed by atoms with E-state index in [0.717, 1.165) is 32.5 Å². The van der Waals surface area contributed by atoms with Crippen LogP contribution in [0.25, 0.3) is 0 Å². The van der Waals surface area contributed by atoms with Gasteiger partial charge >= 0.3 is 0 Å². The number of hydrogen-bond acceptors (Lipinski definition) is 4. The molecule has 0 unspecified atom stereocenters. The smallest absolute Gasteiger partial charge is 0.183 e.